The highest BCUT2D eigenvalue weighted by Gasteiger charge is 2.12. The summed E-state index contributed by atoms with van der Waals surface area (Å²) >= 11 is 1.79. The van der Waals surface area contributed by atoms with Gasteiger partial charge in [0.15, 0.2) is 0 Å². The van der Waals surface area contributed by atoms with E-state index in [4.69, 9.17) is 0 Å². The number of hydrogen-bond acceptors (Lipinski definition) is 3. The van der Waals surface area contributed by atoms with Crippen LogP contribution in [0, 0.1) is 0 Å². The standard InChI is InChI=1S/C16H21NOS/c1-12(2)17(11-16-5-4-10-19-16)15-8-6-14(7-9-15)13(3)18/h4-10,12-13,18H,11H2,1-3H3/t13-/m0/s1. The third kappa shape index (κ3) is 3.58. The number of aliphatic hydroxyl groups excluding tert-OH is 1. The van der Waals surface area contributed by atoms with Gasteiger partial charge in [-0.1, -0.05) is 18.2 Å². The number of benzene rings is 1. The van der Waals surface area contributed by atoms with Gasteiger partial charge in [0, 0.05) is 16.6 Å². The number of hydrogen-bond donors (Lipinski definition) is 1. The van der Waals surface area contributed by atoms with Crippen LogP contribution in [0.4, 0.5) is 5.69 Å². The Morgan fingerprint density at radius 3 is 2.26 bits per heavy atom. The second-order valence-electron chi connectivity index (χ2n) is 5.07. The first-order valence-electron chi connectivity index (χ1n) is 6.65. The van der Waals surface area contributed by atoms with Crippen molar-refractivity contribution in [3.63, 3.8) is 0 Å². The fraction of sp³-hybridized carbons (Fsp3) is 0.375. The molecule has 102 valence electrons. The molecule has 0 aliphatic rings. The first-order chi connectivity index (χ1) is 9.08. The summed E-state index contributed by atoms with van der Waals surface area (Å²) in [5, 5.41) is 11.7. The van der Waals surface area contributed by atoms with Crippen LogP contribution in [0.25, 0.3) is 0 Å². The van der Waals surface area contributed by atoms with Crippen LogP contribution < -0.4 is 4.90 Å². The van der Waals surface area contributed by atoms with E-state index in [0.717, 1.165) is 12.1 Å². The quantitative estimate of drug-likeness (QED) is 0.883. The Hall–Kier alpha value is -1.32. The summed E-state index contributed by atoms with van der Waals surface area (Å²) in [7, 11) is 0. The number of thiophene rings is 1. The van der Waals surface area contributed by atoms with Crippen LogP contribution in [-0.4, -0.2) is 11.1 Å². The Bertz CT molecular complexity index is 488. The van der Waals surface area contributed by atoms with E-state index in [0.29, 0.717) is 6.04 Å². The summed E-state index contributed by atoms with van der Waals surface area (Å²) in [4.78, 5) is 3.74. The van der Waals surface area contributed by atoms with E-state index < -0.39 is 6.10 Å². The van der Waals surface area contributed by atoms with E-state index in [1.807, 2.05) is 12.1 Å². The Kier molecular flexibility index (Phi) is 4.61. The zero-order chi connectivity index (χ0) is 13.8. The lowest BCUT2D eigenvalue weighted by Crippen LogP contribution is -2.29. The molecule has 0 aliphatic carbocycles. The molecule has 2 nitrogen and oxygen atoms in total. The highest BCUT2D eigenvalue weighted by Crippen LogP contribution is 2.24. The summed E-state index contributed by atoms with van der Waals surface area (Å²) in [5.41, 5.74) is 2.16. The van der Waals surface area contributed by atoms with Crippen LogP contribution in [0.15, 0.2) is 41.8 Å². The van der Waals surface area contributed by atoms with Crippen LogP contribution in [0.2, 0.25) is 0 Å². The first kappa shape index (κ1) is 14.1. The molecular weight excluding hydrogens is 254 g/mol. The molecule has 1 aromatic carbocycles. The van der Waals surface area contributed by atoms with Crippen LogP contribution in [0.3, 0.4) is 0 Å². The zero-order valence-corrected chi connectivity index (χ0v) is 12.5. The molecule has 0 saturated carbocycles. The maximum atomic E-state index is 9.56. The summed E-state index contributed by atoms with van der Waals surface area (Å²) in [6, 6.07) is 12.9. The van der Waals surface area contributed by atoms with Gasteiger partial charge in [-0.05, 0) is 49.9 Å². The molecule has 1 N–H and O–H groups in total. The highest BCUT2D eigenvalue weighted by molar-refractivity contribution is 7.09. The molecule has 0 radical (unpaired) electrons. The molecule has 1 aromatic heterocycles. The minimum atomic E-state index is -0.404. The van der Waals surface area contributed by atoms with Crippen LogP contribution in [0.1, 0.15) is 37.3 Å². The lowest BCUT2D eigenvalue weighted by atomic mass is 10.1. The molecule has 2 rings (SSSR count). The predicted molar refractivity (Wildman–Crippen MR) is 82.7 cm³/mol. The van der Waals surface area contributed by atoms with E-state index in [1.54, 1.807) is 18.3 Å². The van der Waals surface area contributed by atoms with Gasteiger partial charge in [0.25, 0.3) is 0 Å². The fourth-order valence-electron chi connectivity index (χ4n) is 2.09. The fourth-order valence-corrected chi connectivity index (χ4v) is 2.79. The Morgan fingerprint density at radius 2 is 1.79 bits per heavy atom. The molecule has 1 heterocycles. The highest BCUT2D eigenvalue weighted by atomic mass is 32.1. The van der Waals surface area contributed by atoms with Crippen molar-refractivity contribution in [2.45, 2.75) is 39.5 Å². The summed E-state index contributed by atoms with van der Waals surface area (Å²) in [6.07, 6.45) is -0.404. The van der Waals surface area contributed by atoms with E-state index in [9.17, 15) is 5.11 Å². The van der Waals surface area contributed by atoms with Gasteiger partial charge in [0.2, 0.25) is 0 Å². The maximum Gasteiger partial charge on any atom is 0.0761 e. The van der Waals surface area contributed by atoms with Crippen LogP contribution in [0.5, 0.6) is 0 Å². The van der Waals surface area contributed by atoms with E-state index >= 15 is 0 Å². The minimum absolute atomic E-state index is 0.404. The third-order valence-corrected chi connectivity index (χ3v) is 4.10. The van der Waals surface area contributed by atoms with Gasteiger partial charge < -0.3 is 10.0 Å². The number of nitrogens with zero attached hydrogens (tertiary/aromatic N) is 1. The predicted octanol–water partition coefficient (Wildman–Crippen LogP) is 4.22. The van der Waals surface area contributed by atoms with Crippen molar-refractivity contribution in [1.82, 2.24) is 0 Å². The Labute approximate surface area is 119 Å². The van der Waals surface area contributed by atoms with Crippen LogP contribution in [-0.2, 0) is 6.54 Å². The van der Waals surface area contributed by atoms with Crippen molar-refractivity contribution in [2.75, 3.05) is 4.90 Å². The SMILES string of the molecule is CC(C)N(Cc1cccs1)c1ccc([C@H](C)O)cc1. The lowest BCUT2D eigenvalue weighted by Gasteiger charge is -2.29. The monoisotopic (exact) mass is 275 g/mol. The molecule has 19 heavy (non-hydrogen) atoms. The number of aliphatic hydroxyl groups is 1. The average Bonchev–Trinajstić information content (AvgIpc) is 2.88. The van der Waals surface area contributed by atoms with Crippen molar-refractivity contribution in [2.24, 2.45) is 0 Å². The first-order valence-corrected chi connectivity index (χ1v) is 7.53. The average molecular weight is 275 g/mol. The van der Waals surface area contributed by atoms with Gasteiger partial charge >= 0.3 is 0 Å². The molecule has 3 heteroatoms. The van der Waals surface area contributed by atoms with Crippen LogP contribution >= 0.6 is 11.3 Å². The Balaban J connectivity index is 2.19. The molecule has 0 spiro atoms. The topological polar surface area (TPSA) is 23.5 Å². The van der Waals surface area contributed by atoms with Gasteiger partial charge in [-0.25, -0.2) is 0 Å². The summed E-state index contributed by atoms with van der Waals surface area (Å²) in [5.74, 6) is 0. The molecule has 0 bridgehead atoms. The van der Waals surface area contributed by atoms with Crippen molar-refractivity contribution >= 4 is 17.0 Å². The van der Waals surface area contributed by atoms with Gasteiger partial charge in [0.1, 0.15) is 0 Å². The molecule has 0 unspecified atom stereocenters. The van der Waals surface area contributed by atoms with Crippen molar-refractivity contribution in [3.8, 4) is 0 Å². The van der Waals surface area contributed by atoms with E-state index in [2.05, 4.69) is 48.4 Å². The second kappa shape index (κ2) is 6.22. The normalized spacial score (nSPS) is 12.7. The molecule has 0 saturated heterocycles. The molecule has 2 aromatic rings. The molecular formula is C16H21NOS. The van der Waals surface area contributed by atoms with Crippen molar-refractivity contribution in [1.29, 1.82) is 0 Å². The summed E-state index contributed by atoms with van der Waals surface area (Å²) in [6.45, 7) is 7.14. The number of rotatable bonds is 5. The zero-order valence-electron chi connectivity index (χ0n) is 11.7. The maximum absolute atomic E-state index is 9.56. The van der Waals surface area contributed by atoms with Crippen molar-refractivity contribution in [3.05, 3.63) is 52.2 Å². The van der Waals surface area contributed by atoms with Crippen molar-refractivity contribution < 1.29 is 5.11 Å². The van der Waals surface area contributed by atoms with Gasteiger partial charge in [0.05, 0.1) is 12.6 Å². The van der Waals surface area contributed by atoms with Gasteiger partial charge in [-0.15, -0.1) is 11.3 Å². The second-order valence-corrected chi connectivity index (χ2v) is 6.10. The molecule has 1 atom stereocenters. The number of anilines is 1. The third-order valence-electron chi connectivity index (χ3n) is 3.24. The molecule has 0 fully saturated rings. The lowest BCUT2D eigenvalue weighted by molar-refractivity contribution is 0.199. The Morgan fingerprint density at radius 1 is 1.11 bits per heavy atom. The molecule has 0 aliphatic heterocycles. The van der Waals surface area contributed by atoms with Gasteiger partial charge in [-0.3, -0.25) is 0 Å². The minimum Gasteiger partial charge on any atom is -0.389 e. The molecule has 0 amide bonds. The van der Waals surface area contributed by atoms with E-state index in [1.165, 1.54) is 10.6 Å². The summed E-state index contributed by atoms with van der Waals surface area (Å²) < 4.78 is 0. The largest absolute Gasteiger partial charge is 0.389 e. The van der Waals surface area contributed by atoms with Gasteiger partial charge in [-0.2, -0.15) is 0 Å². The smallest absolute Gasteiger partial charge is 0.0761 e. The van der Waals surface area contributed by atoms with E-state index in [-0.39, 0.29) is 0 Å².